The molecule has 60 heavy (non-hydrogen) atoms. The van der Waals surface area contributed by atoms with Crippen molar-refractivity contribution in [3.63, 3.8) is 0 Å². The van der Waals surface area contributed by atoms with Crippen molar-refractivity contribution in [1.82, 2.24) is 40.5 Å². The third kappa shape index (κ3) is 7.68. The largest absolute Gasteiger partial charge is 0.507 e. The number of thiazole rings is 1. The number of rotatable bonds is 11. The van der Waals surface area contributed by atoms with Gasteiger partial charge in [0.1, 0.15) is 29.2 Å². The highest BCUT2D eigenvalue weighted by molar-refractivity contribution is 7.13. The lowest BCUT2D eigenvalue weighted by Crippen LogP contribution is -2.47. The van der Waals surface area contributed by atoms with Crippen LogP contribution in [-0.4, -0.2) is 77.8 Å². The van der Waals surface area contributed by atoms with Gasteiger partial charge >= 0.3 is 0 Å². The molecule has 15 heteroatoms. The zero-order valence-electron chi connectivity index (χ0n) is 33.2. The van der Waals surface area contributed by atoms with E-state index in [1.165, 1.54) is 0 Å². The fraction of sp³-hybridized carbons (Fsp3) is 0.289. The molecule has 2 fully saturated rings. The smallest absolute Gasteiger partial charge is 0.243 e. The SMILES string of the molecule is Cc1ncsc1-c1ccc(CNC(=O)C2CCCN2C(=O)C(c2cc(-c3cnc(N4CC(c5cc6cc(-c7ccccc7O)nnc6cc5Cl)C4)nc3)no2)C(C)C)cc1. The van der Waals surface area contributed by atoms with Crippen molar-refractivity contribution in [2.45, 2.75) is 58.0 Å². The number of anilines is 1. The van der Waals surface area contributed by atoms with Crippen LogP contribution in [0.3, 0.4) is 0 Å². The molecule has 2 aliphatic heterocycles. The molecule has 0 saturated carbocycles. The van der Waals surface area contributed by atoms with Crippen molar-refractivity contribution >= 4 is 51.6 Å². The Morgan fingerprint density at radius 1 is 0.967 bits per heavy atom. The number of hydrogen-bond acceptors (Lipinski definition) is 12. The Hall–Kier alpha value is -6.25. The molecule has 9 rings (SSSR count). The van der Waals surface area contributed by atoms with Crippen LogP contribution in [0.4, 0.5) is 5.95 Å². The first-order chi connectivity index (χ1) is 29.1. The van der Waals surface area contributed by atoms with E-state index < -0.39 is 12.0 Å². The molecular formula is C45H42ClN9O4S. The standard InChI is InChI=1S/C45H42ClN9O4S/c1-25(2)41(44(58)55-14-6-8-38(55)43(57)47-19-27-10-12-28(13-11-27)42-26(3)50-24-60-42)40-18-36(53-59-40)30-20-48-45(49-21-30)54-22-31(23-54)33-15-29-16-37(32-7-4-5-9-39(32)56)52-51-35(29)17-34(33)46/h4-5,7,9-13,15-18,20-21,24-25,31,38,41,56H,6,8,14,19,22-23H2,1-3H3,(H,47,57). The highest BCUT2D eigenvalue weighted by Crippen LogP contribution is 2.38. The minimum absolute atomic E-state index is 0.107. The quantitative estimate of drug-likeness (QED) is 0.129. The van der Waals surface area contributed by atoms with E-state index in [4.69, 9.17) is 16.1 Å². The molecule has 4 aromatic heterocycles. The molecule has 7 aromatic rings. The molecule has 3 aromatic carbocycles. The molecule has 304 valence electrons. The van der Waals surface area contributed by atoms with Gasteiger partial charge in [-0.3, -0.25) is 9.59 Å². The molecule has 0 bridgehead atoms. The topological polar surface area (TPSA) is 163 Å². The predicted molar refractivity (Wildman–Crippen MR) is 231 cm³/mol. The molecule has 0 aliphatic carbocycles. The van der Waals surface area contributed by atoms with Crippen molar-refractivity contribution in [3.8, 4) is 38.7 Å². The van der Waals surface area contributed by atoms with Gasteiger partial charge < -0.3 is 24.7 Å². The summed E-state index contributed by atoms with van der Waals surface area (Å²) in [4.78, 5) is 46.2. The fourth-order valence-corrected chi connectivity index (χ4v) is 9.25. The number of likely N-dealkylation sites (tertiary alicyclic amines) is 1. The predicted octanol–water partition coefficient (Wildman–Crippen LogP) is 8.18. The van der Waals surface area contributed by atoms with Gasteiger partial charge in [-0.25, -0.2) is 15.0 Å². The van der Waals surface area contributed by atoms with Crippen molar-refractivity contribution in [1.29, 1.82) is 0 Å². The number of aromatic hydroxyl groups is 1. The summed E-state index contributed by atoms with van der Waals surface area (Å²) in [5.74, 6) is 0.289. The maximum Gasteiger partial charge on any atom is 0.243 e. The maximum atomic E-state index is 14.2. The number of phenolic OH excluding ortho intramolecular Hbond substituents is 1. The van der Waals surface area contributed by atoms with Gasteiger partial charge in [0.2, 0.25) is 17.8 Å². The van der Waals surface area contributed by atoms with Crippen LogP contribution in [0.2, 0.25) is 5.02 Å². The lowest BCUT2D eigenvalue weighted by Gasteiger charge is -2.40. The van der Waals surface area contributed by atoms with Crippen molar-refractivity contribution in [2.24, 2.45) is 5.92 Å². The number of fused-ring (bicyclic) bond motifs is 1. The summed E-state index contributed by atoms with van der Waals surface area (Å²) in [5.41, 5.74) is 8.99. The minimum Gasteiger partial charge on any atom is -0.507 e. The molecule has 6 heterocycles. The number of para-hydroxylation sites is 1. The highest BCUT2D eigenvalue weighted by atomic mass is 35.5. The Kier molecular flexibility index (Phi) is 10.7. The lowest BCUT2D eigenvalue weighted by molar-refractivity contribution is -0.140. The first-order valence-electron chi connectivity index (χ1n) is 20.0. The molecule has 2 unspecified atom stereocenters. The van der Waals surface area contributed by atoms with Crippen LogP contribution < -0.4 is 10.2 Å². The number of aryl methyl sites for hydroxylation is 1. The minimum atomic E-state index is -0.619. The third-order valence-corrected chi connectivity index (χ3v) is 12.8. The Morgan fingerprint density at radius 3 is 2.48 bits per heavy atom. The van der Waals surface area contributed by atoms with Crippen LogP contribution in [0.15, 0.2) is 95.2 Å². The number of nitrogens with one attached hydrogen (secondary N) is 1. The summed E-state index contributed by atoms with van der Waals surface area (Å²) in [6, 6.07) is 22.2. The zero-order chi connectivity index (χ0) is 41.5. The molecule has 2 amide bonds. The van der Waals surface area contributed by atoms with Gasteiger partial charge in [0, 0.05) is 72.1 Å². The van der Waals surface area contributed by atoms with Crippen LogP contribution in [0.5, 0.6) is 5.75 Å². The second kappa shape index (κ2) is 16.4. The molecule has 2 saturated heterocycles. The first kappa shape index (κ1) is 39.2. The number of amides is 2. The van der Waals surface area contributed by atoms with Crippen molar-refractivity contribution in [2.75, 3.05) is 24.5 Å². The fourth-order valence-electron chi connectivity index (χ4n) is 8.12. The van der Waals surface area contributed by atoms with Gasteiger partial charge in [0.25, 0.3) is 0 Å². The summed E-state index contributed by atoms with van der Waals surface area (Å²) < 4.78 is 5.82. The molecule has 13 nitrogen and oxygen atoms in total. The van der Waals surface area contributed by atoms with E-state index in [1.807, 2.05) is 80.9 Å². The van der Waals surface area contributed by atoms with Crippen LogP contribution in [0.25, 0.3) is 43.9 Å². The second-order valence-corrected chi connectivity index (χ2v) is 17.0. The molecule has 2 atom stereocenters. The first-order valence-corrected chi connectivity index (χ1v) is 21.2. The monoisotopic (exact) mass is 839 g/mol. The molecule has 0 spiro atoms. The van der Waals surface area contributed by atoms with Crippen molar-refractivity contribution in [3.05, 3.63) is 118 Å². The van der Waals surface area contributed by atoms with Crippen LogP contribution in [0.1, 0.15) is 61.1 Å². The van der Waals surface area contributed by atoms with Crippen molar-refractivity contribution < 1.29 is 19.2 Å². The zero-order valence-corrected chi connectivity index (χ0v) is 34.8. The summed E-state index contributed by atoms with van der Waals surface area (Å²) in [5, 5.41) is 27.9. The van der Waals surface area contributed by atoms with Crippen LogP contribution in [0, 0.1) is 12.8 Å². The van der Waals surface area contributed by atoms with Gasteiger partial charge in [-0.2, -0.15) is 0 Å². The molecular weight excluding hydrogens is 798 g/mol. The number of phenols is 1. The third-order valence-electron chi connectivity index (χ3n) is 11.5. The number of nitrogens with zero attached hydrogens (tertiary/aromatic N) is 8. The maximum absolute atomic E-state index is 14.2. The van der Waals surface area contributed by atoms with Gasteiger partial charge in [-0.05, 0) is 72.7 Å². The van der Waals surface area contributed by atoms with E-state index >= 15 is 0 Å². The summed E-state index contributed by atoms with van der Waals surface area (Å²) in [6.45, 7) is 8.16. The number of hydrogen-bond donors (Lipinski definition) is 2. The molecule has 2 aliphatic rings. The Bertz CT molecular complexity index is 2700. The normalized spacial score (nSPS) is 16.1. The van der Waals surface area contributed by atoms with Gasteiger partial charge in [-0.1, -0.05) is 67.0 Å². The highest BCUT2D eigenvalue weighted by Gasteiger charge is 2.40. The van der Waals surface area contributed by atoms with E-state index in [0.717, 1.165) is 39.1 Å². The van der Waals surface area contributed by atoms with E-state index in [9.17, 15) is 14.7 Å². The number of aromatic nitrogens is 6. The Balaban J connectivity index is 0.827. The van der Waals surface area contributed by atoms with Gasteiger partial charge in [-0.15, -0.1) is 21.5 Å². The summed E-state index contributed by atoms with van der Waals surface area (Å²) in [7, 11) is 0. The van der Waals surface area contributed by atoms with E-state index in [2.05, 4.69) is 40.5 Å². The second-order valence-electron chi connectivity index (χ2n) is 15.8. The summed E-state index contributed by atoms with van der Waals surface area (Å²) in [6.07, 6.45) is 4.76. The molecule has 2 N–H and O–H groups in total. The average molecular weight is 840 g/mol. The average Bonchev–Trinajstić information content (AvgIpc) is 4.02. The van der Waals surface area contributed by atoms with Crippen LogP contribution >= 0.6 is 22.9 Å². The number of carbonyl (C=O) groups is 2. The van der Waals surface area contributed by atoms with E-state index in [1.54, 1.807) is 46.8 Å². The van der Waals surface area contributed by atoms with Gasteiger partial charge in [0.15, 0.2) is 0 Å². The molecule has 0 radical (unpaired) electrons. The van der Waals surface area contributed by atoms with E-state index in [-0.39, 0.29) is 29.4 Å². The Morgan fingerprint density at radius 2 is 1.75 bits per heavy atom. The van der Waals surface area contributed by atoms with Crippen LogP contribution in [-0.2, 0) is 16.1 Å². The number of benzene rings is 3. The number of carbonyl (C=O) groups excluding carboxylic acids is 2. The van der Waals surface area contributed by atoms with Gasteiger partial charge in [0.05, 0.1) is 27.3 Å². The Labute approximate surface area is 355 Å². The summed E-state index contributed by atoms with van der Waals surface area (Å²) >= 11 is 8.34. The number of halogens is 1. The van der Waals surface area contributed by atoms with E-state index in [0.29, 0.717) is 77.4 Å². The lowest BCUT2D eigenvalue weighted by atomic mass is 9.90.